The van der Waals surface area contributed by atoms with E-state index in [0.717, 1.165) is 31.4 Å². The van der Waals surface area contributed by atoms with Crippen LogP contribution < -0.4 is 21.5 Å². The standard InChI is InChI=1S/C24H27N3O5/c1-27(2)24(31)15-10-6-11-16(21(15)28)25-19-20(23(30)22(19)29)26-18(17-12-7-13-32-17)14-8-4-3-5-9-14/h6-7,10-14,18,25-26,28H,3-5,8-9H2,1-2H3. The van der Waals surface area contributed by atoms with Gasteiger partial charge in [-0.15, -0.1) is 0 Å². The maximum atomic E-state index is 12.4. The fourth-order valence-electron chi connectivity index (χ4n) is 4.35. The molecule has 0 aliphatic heterocycles. The van der Waals surface area contributed by atoms with E-state index < -0.39 is 10.9 Å². The van der Waals surface area contributed by atoms with Crippen LogP contribution in [0.4, 0.5) is 17.1 Å². The van der Waals surface area contributed by atoms with Crippen molar-refractivity contribution in [2.24, 2.45) is 5.92 Å². The monoisotopic (exact) mass is 437 g/mol. The van der Waals surface area contributed by atoms with Gasteiger partial charge in [-0.3, -0.25) is 14.4 Å². The van der Waals surface area contributed by atoms with Gasteiger partial charge in [-0.2, -0.15) is 0 Å². The number of phenolic OH excluding ortho intramolecular Hbond substituents is 1. The number of furan rings is 1. The van der Waals surface area contributed by atoms with Gasteiger partial charge in [0.25, 0.3) is 16.8 Å². The van der Waals surface area contributed by atoms with Crippen molar-refractivity contribution in [3.05, 3.63) is 68.4 Å². The van der Waals surface area contributed by atoms with Crippen molar-refractivity contribution in [2.75, 3.05) is 24.7 Å². The van der Waals surface area contributed by atoms with E-state index in [9.17, 15) is 19.5 Å². The van der Waals surface area contributed by atoms with Crippen molar-refractivity contribution in [1.29, 1.82) is 0 Å². The number of carbonyl (C=O) groups is 1. The van der Waals surface area contributed by atoms with Crippen LogP contribution in [0, 0.1) is 5.92 Å². The minimum atomic E-state index is -0.668. The van der Waals surface area contributed by atoms with Gasteiger partial charge in [0.15, 0.2) is 5.75 Å². The highest BCUT2D eigenvalue weighted by molar-refractivity contribution is 5.99. The van der Waals surface area contributed by atoms with Crippen molar-refractivity contribution < 1.29 is 14.3 Å². The van der Waals surface area contributed by atoms with Gasteiger partial charge in [-0.25, -0.2) is 0 Å². The zero-order valence-corrected chi connectivity index (χ0v) is 18.2. The van der Waals surface area contributed by atoms with Gasteiger partial charge >= 0.3 is 0 Å². The number of rotatable bonds is 7. The predicted octanol–water partition coefficient (Wildman–Crippen LogP) is 3.76. The number of nitrogens with zero attached hydrogens (tertiary/aromatic N) is 1. The quantitative estimate of drug-likeness (QED) is 0.381. The molecule has 0 saturated heterocycles. The Labute approximate surface area is 185 Å². The molecule has 1 unspecified atom stereocenters. The Bertz CT molecular complexity index is 1170. The average Bonchev–Trinajstić information content (AvgIpc) is 3.34. The highest BCUT2D eigenvalue weighted by Crippen LogP contribution is 2.38. The van der Waals surface area contributed by atoms with Gasteiger partial charge in [-0.05, 0) is 43.0 Å². The third-order valence-corrected chi connectivity index (χ3v) is 6.11. The molecule has 1 aliphatic carbocycles. The van der Waals surface area contributed by atoms with E-state index in [2.05, 4.69) is 10.6 Å². The molecule has 1 aliphatic rings. The van der Waals surface area contributed by atoms with Crippen LogP contribution in [-0.2, 0) is 0 Å². The fourth-order valence-corrected chi connectivity index (χ4v) is 4.35. The first-order chi connectivity index (χ1) is 15.4. The molecule has 1 amide bonds. The highest BCUT2D eigenvalue weighted by Gasteiger charge is 2.31. The van der Waals surface area contributed by atoms with Gasteiger partial charge in [0.1, 0.15) is 17.1 Å². The number of para-hydroxylation sites is 1. The summed E-state index contributed by atoms with van der Waals surface area (Å²) in [6.45, 7) is 0. The molecule has 4 rings (SSSR count). The van der Waals surface area contributed by atoms with Gasteiger partial charge in [0.2, 0.25) is 0 Å². The van der Waals surface area contributed by atoms with E-state index in [1.165, 1.54) is 17.4 Å². The molecule has 1 heterocycles. The van der Waals surface area contributed by atoms with E-state index in [0.29, 0.717) is 0 Å². The summed E-state index contributed by atoms with van der Waals surface area (Å²) in [7, 11) is 3.17. The number of amides is 1. The summed E-state index contributed by atoms with van der Waals surface area (Å²) in [5.41, 5.74) is -0.750. The van der Waals surface area contributed by atoms with E-state index in [1.807, 2.05) is 6.07 Å². The molecule has 0 spiro atoms. The summed E-state index contributed by atoms with van der Waals surface area (Å²) < 4.78 is 5.63. The summed E-state index contributed by atoms with van der Waals surface area (Å²) >= 11 is 0. The van der Waals surface area contributed by atoms with Gasteiger partial charge in [0.05, 0.1) is 23.6 Å². The van der Waals surface area contributed by atoms with Crippen molar-refractivity contribution in [1.82, 2.24) is 4.90 Å². The summed E-state index contributed by atoms with van der Waals surface area (Å²) in [4.78, 5) is 38.5. The number of phenols is 1. The van der Waals surface area contributed by atoms with Crippen LogP contribution in [0.1, 0.15) is 54.3 Å². The molecule has 0 radical (unpaired) electrons. The minimum Gasteiger partial charge on any atom is -0.505 e. The van der Waals surface area contributed by atoms with Crippen LogP contribution in [0.5, 0.6) is 5.75 Å². The zero-order valence-electron chi connectivity index (χ0n) is 18.2. The normalized spacial score (nSPS) is 15.4. The lowest BCUT2D eigenvalue weighted by molar-refractivity contribution is 0.0824. The summed E-state index contributed by atoms with van der Waals surface area (Å²) in [5.74, 6) is 0.351. The van der Waals surface area contributed by atoms with Crippen LogP contribution >= 0.6 is 0 Å². The lowest BCUT2D eigenvalue weighted by atomic mass is 9.82. The molecule has 8 nitrogen and oxygen atoms in total. The third kappa shape index (κ3) is 4.00. The molecule has 1 fully saturated rings. The Morgan fingerprint density at radius 1 is 1.06 bits per heavy atom. The SMILES string of the molecule is CN(C)C(=O)c1cccc(Nc2c(NC(c3ccco3)C3CCCCC3)c(=O)c2=O)c1O. The lowest BCUT2D eigenvalue weighted by Crippen LogP contribution is -2.38. The average molecular weight is 437 g/mol. The topological polar surface area (TPSA) is 112 Å². The largest absolute Gasteiger partial charge is 0.505 e. The Morgan fingerprint density at radius 2 is 1.78 bits per heavy atom. The smallest absolute Gasteiger partial charge is 0.257 e. The van der Waals surface area contributed by atoms with Crippen molar-refractivity contribution in [3.8, 4) is 5.75 Å². The van der Waals surface area contributed by atoms with Crippen LogP contribution in [-0.4, -0.2) is 30.0 Å². The number of nitrogens with one attached hydrogen (secondary N) is 2. The number of carbonyl (C=O) groups excluding carboxylic acids is 1. The number of anilines is 3. The van der Waals surface area contributed by atoms with Crippen LogP contribution in [0.3, 0.4) is 0 Å². The predicted molar refractivity (Wildman–Crippen MR) is 122 cm³/mol. The van der Waals surface area contributed by atoms with Crippen LogP contribution in [0.15, 0.2) is 50.6 Å². The van der Waals surface area contributed by atoms with Gasteiger partial charge < -0.3 is 25.1 Å². The second-order valence-corrected chi connectivity index (χ2v) is 8.47. The first-order valence-corrected chi connectivity index (χ1v) is 10.8. The third-order valence-electron chi connectivity index (χ3n) is 6.11. The van der Waals surface area contributed by atoms with E-state index in [-0.39, 0.29) is 46.2 Å². The molecular formula is C24H27N3O5. The first-order valence-electron chi connectivity index (χ1n) is 10.8. The maximum absolute atomic E-state index is 12.4. The number of hydrogen-bond acceptors (Lipinski definition) is 7. The van der Waals surface area contributed by atoms with E-state index in [4.69, 9.17) is 4.42 Å². The zero-order chi connectivity index (χ0) is 22.8. The molecule has 32 heavy (non-hydrogen) atoms. The molecule has 1 aromatic heterocycles. The van der Waals surface area contributed by atoms with E-state index >= 15 is 0 Å². The molecule has 2 aromatic carbocycles. The van der Waals surface area contributed by atoms with Crippen molar-refractivity contribution >= 4 is 23.0 Å². The molecule has 8 heteroatoms. The van der Waals surface area contributed by atoms with Crippen molar-refractivity contribution in [3.63, 3.8) is 0 Å². The Balaban J connectivity index is 1.63. The molecular weight excluding hydrogens is 410 g/mol. The summed E-state index contributed by atoms with van der Waals surface area (Å²) in [5, 5.41) is 16.7. The Kier molecular flexibility index (Phi) is 6.03. The second-order valence-electron chi connectivity index (χ2n) is 8.47. The summed E-state index contributed by atoms with van der Waals surface area (Å²) in [6, 6.07) is 8.09. The Hall–Kier alpha value is -3.55. The Morgan fingerprint density at radius 3 is 2.44 bits per heavy atom. The second kappa shape index (κ2) is 8.90. The fraction of sp³-hybridized carbons (Fsp3) is 0.375. The van der Waals surface area contributed by atoms with Crippen LogP contribution in [0.25, 0.3) is 0 Å². The minimum absolute atomic E-state index is 0.0760. The molecule has 1 atom stereocenters. The molecule has 3 aromatic rings. The number of aromatic hydroxyl groups is 1. The van der Waals surface area contributed by atoms with Crippen molar-refractivity contribution in [2.45, 2.75) is 38.1 Å². The summed E-state index contributed by atoms with van der Waals surface area (Å²) in [6.07, 6.45) is 7.02. The van der Waals surface area contributed by atoms with Crippen LogP contribution in [0.2, 0.25) is 0 Å². The molecule has 1 saturated carbocycles. The van der Waals surface area contributed by atoms with Gasteiger partial charge in [0, 0.05) is 14.1 Å². The maximum Gasteiger partial charge on any atom is 0.257 e. The van der Waals surface area contributed by atoms with Gasteiger partial charge in [-0.1, -0.05) is 25.3 Å². The first kappa shape index (κ1) is 21.7. The molecule has 3 N–H and O–H groups in total. The lowest BCUT2D eigenvalue weighted by Gasteiger charge is -2.31. The number of benzene rings is 1. The highest BCUT2D eigenvalue weighted by atomic mass is 16.3. The van der Waals surface area contributed by atoms with E-state index in [1.54, 1.807) is 38.6 Å². The molecule has 0 bridgehead atoms. The number of hydrogen-bond donors (Lipinski definition) is 3. The molecule has 168 valence electrons.